The largest absolute Gasteiger partial charge is 0.481 e. The summed E-state index contributed by atoms with van der Waals surface area (Å²) in [5, 5.41) is 10.4. The summed E-state index contributed by atoms with van der Waals surface area (Å²) < 4.78 is 0. The lowest BCUT2D eigenvalue weighted by molar-refractivity contribution is -0.158. The van der Waals surface area contributed by atoms with Crippen LogP contribution in [0.1, 0.15) is 47.1 Å². The maximum absolute atomic E-state index is 12.7. The van der Waals surface area contributed by atoms with Crippen molar-refractivity contribution in [1.29, 1.82) is 0 Å². The van der Waals surface area contributed by atoms with Crippen molar-refractivity contribution in [2.45, 2.75) is 41.5 Å². The van der Waals surface area contributed by atoms with Crippen molar-refractivity contribution in [3.63, 3.8) is 0 Å². The molecule has 0 spiro atoms. The predicted molar refractivity (Wildman–Crippen MR) is 117 cm³/mol. The van der Waals surface area contributed by atoms with E-state index in [9.17, 15) is 9.90 Å². The molecule has 0 fully saturated rings. The van der Waals surface area contributed by atoms with Gasteiger partial charge in [-0.15, -0.1) is 0 Å². The highest BCUT2D eigenvalue weighted by atomic mass is 16.4. The van der Waals surface area contributed by atoms with Gasteiger partial charge in [-0.25, -0.2) is 0 Å². The highest BCUT2D eigenvalue weighted by Gasteiger charge is 2.60. The van der Waals surface area contributed by atoms with E-state index in [0.29, 0.717) is 5.92 Å². The lowest BCUT2D eigenvalue weighted by Crippen LogP contribution is -2.53. The maximum atomic E-state index is 12.7. The van der Waals surface area contributed by atoms with E-state index in [1.165, 1.54) is 11.1 Å². The van der Waals surface area contributed by atoms with Crippen LogP contribution in [0, 0.1) is 28.6 Å². The fourth-order valence-electron chi connectivity index (χ4n) is 5.62. The molecule has 0 aromatic heterocycles. The summed E-state index contributed by atoms with van der Waals surface area (Å²) in [6.07, 6.45) is 10.8. The van der Waals surface area contributed by atoms with Crippen molar-refractivity contribution in [2.24, 2.45) is 28.6 Å². The van der Waals surface area contributed by atoms with E-state index in [0.717, 1.165) is 11.1 Å². The molecule has 0 saturated carbocycles. The second-order valence-corrected chi connectivity index (χ2v) is 9.08. The molecule has 0 bridgehead atoms. The second-order valence-electron chi connectivity index (χ2n) is 9.08. The van der Waals surface area contributed by atoms with Gasteiger partial charge in [0.05, 0.1) is 5.41 Å². The van der Waals surface area contributed by atoms with Gasteiger partial charge in [0.15, 0.2) is 0 Å². The first-order valence-electron chi connectivity index (χ1n) is 10.1. The molecular formula is C26H32O2. The van der Waals surface area contributed by atoms with Crippen LogP contribution in [-0.2, 0) is 4.79 Å². The van der Waals surface area contributed by atoms with E-state index in [-0.39, 0.29) is 11.8 Å². The first kappa shape index (κ1) is 20.4. The third-order valence-corrected chi connectivity index (χ3v) is 7.05. The van der Waals surface area contributed by atoms with Crippen LogP contribution in [0.15, 0.2) is 71.4 Å². The van der Waals surface area contributed by atoms with Crippen LogP contribution in [0.3, 0.4) is 0 Å². The molecule has 1 N–H and O–H groups in total. The summed E-state index contributed by atoms with van der Waals surface area (Å²) in [7, 11) is 0. The Labute approximate surface area is 169 Å². The number of benzene rings is 1. The van der Waals surface area contributed by atoms with E-state index in [1.807, 2.05) is 25.1 Å². The summed E-state index contributed by atoms with van der Waals surface area (Å²) in [6, 6.07) is 10.2. The van der Waals surface area contributed by atoms with Crippen molar-refractivity contribution in [3.8, 4) is 0 Å². The Hall–Kier alpha value is -2.35. The topological polar surface area (TPSA) is 37.3 Å². The molecule has 2 aliphatic rings. The Morgan fingerprint density at radius 1 is 1.11 bits per heavy atom. The number of fused-ring (bicyclic) bond motifs is 1. The summed E-state index contributed by atoms with van der Waals surface area (Å²) in [6.45, 7) is 12.6. The predicted octanol–water partition coefficient (Wildman–Crippen LogP) is 6.53. The van der Waals surface area contributed by atoms with E-state index >= 15 is 0 Å². The van der Waals surface area contributed by atoms with E-state index in [2.05, 4.69) is 77.1 Å². The lowest BCUT2D eigenvalue weighted by Gasteiger charge is -2.51. The van der Waals surface area contributed by atoms with Crippen LogP contribution in [0.25, 0.3) is 6.08 Å². The zero-order chi connectivity index (χ0) is 20.7. The number of allylic oxidation sites excluding steroid dienone is 7. The number of carbonyl (C=O) groups is 1. The maximum Gasteiger partial charge on any atom is 0.311 e. The molecule has 2 heteroatoms. The molecule has 28 heavy (non-hydrogen) atoms. The van der Waals surface area contributed by atoms with Gasteiger partial charge in [-0.1, -0.05) is 91.3 Å². The SMILES string of the molecule is CC1=C[C@](C)(/C=C(C)/C=C/c2ccccc2)[C@](C)(C(=O)O)[C@H]2C(C)=C[C@@H](C)[C@H]12. The molecule has 3 rings (SSSR count). The summed E-state index contributed by atoms with van der Waals surface area (Å²) in [5.41, 5.74) is 3.29. The van der Waals surface area contributed by atoms with Gasteiger partial charge in [0, 0.05) is 11.3 Å². The van der Waals surface area contributed by atoms with Crippen LogP contribution in [0.5, 0.6) is 0 Å². The number of rotatable bonds is 4. The van der Waals surface area contributed by atoms with Crippen molar-refractivity contribution in [1.82, 2.24) is 0 Å². The van der Waals surface area contributed by atoms with Gasteiger partial charge < -0.3 is 5.11 Å². The molecule has 0 amide bonds. The molecule has 0 unspecified atom stereocenters. The molecule has 0 radical (unpaired) electrons. The number of hydrogen-bond acceptors (Lipinski definition) is 1. The third kappa shape index (κ3) is 3.19. The average molecular weight is 377 g/mol. The first-order chi connectivity index (χ1) is 13.1. The van der Waals surface area contributed by atoms with Crippen LogP contribution >= 0.6 is 0 Å². The van der Waals surface area contributed by atoms with Crippen molar-refractivity contribution >= 4 is 12.0 Å². The van der Waals surface area contributed by atoms with Crippen molar-refractivity contribution in [2.75, 3.05) is 0 Å². The monoisotopic (exact) mass is 376 g/mol. The lowest BCUT2D eigenvalue weighted by atomic mass is 9.50. The van der Waals surface area contributed by atoms with Gasteiger partial charge in [-0.3, -0.25) is 4.79 Å². The molecule has 0 heterocycles. The Balaban J connectivity index is 2.07. The van der Waals surface area contributed by atoms with Gasteiger partial charge in [0.25, 0.3) is 0 Å². The van der Waals surface area contributed by atoms with Crippen molar-refractivity contribution in [3.05, 3.63) is 76.9 Å². The quantitative estimate of drug-likeness (QED) is 0.479. The highest BCUT2D eigenvalue weighted by molar-refractivity contribution is 5.79. The minimum Gasteiger partial charge on any atom is -0.481 e. The second kappa shape index (κ2) is 7.24. The number of carboxylic acid groups (broad SMARTS) is 1. The Bertz CT molecular complexity index is 886. The molecule has 5 atom stereocenters. The smallest absolute Gasteiger partial charge is 0.311 e. The molecule has 148 valence electrons. The van der Waals surface area contributed by atoms with Gasteiger partial charge in [-0.2, -0.15) is 0 Å². The zero-order valence-electron chi connectivity index (χ0n) is 17.9. The van der Waals surface area contributed by atoms with Gasteiger partial charge in [0.1, 0.15) is 0 Å². The third-order valence-electron chi connectivity index (χ3n) is 7.05. The van der Waals surface area contributed by atoms with Gasteiger partial charge in [0.2, 0.25) is 0 Å². The van der Waals surface area contributed by atoms with Gasteiger partial charge >= 0.3 is 5.97 Å². The molecule has 1 aromatic carbocycles. The van der Waals surface area contributed by atoms with Crippen LogP contribution in [0.2, 0.25) is 0 Å². The zero-order valence-corrected chi connectivity index (χ0v) is 17.9. The molecule has 2 aliphatic carbocycles. The van der Waals surface area contributed by atoms with Crippen LogP contribution in [-0.4, -0.2) is 11.1 Å². The summed E-state index contributed by atoms with van der Waals surface area (Å²) in [5.74, 6) is -0.0286. The number of hydrogen-bond donors (Lipinski definition) is 1. The fourth-order valence-corrected chi connectivity index (χ4v) is 5.62. The van der Waals surface area contributed by atoms with Crippen LogP contribution < -0.4 is 0 Å². The van der Waals surface area contributed by atoms with Gasteiger partial charge in [-0.05, 0) is 45.1 Å². The van der Waals surface area contributed by atoms with Crippen LogP contribution in [0.4, 0.5) is 0 Å². The minimum atomic E-state index is -0.885. The first-order valence-corrected chi connectivity index (χ1v) is 10.1. The Kier molecular flexibility index (Phi) is 5.27. The average Bonchev–Trinajstić information content (AvgIpc) is 2.93. The molecule has 2 nitrogen and oxygen atoms in total. The fraction of sp³-hybridized carbons (Fsp3) is 0.423. The Morgan fingerprint density at radius 3 is 2.36 bits per heavy atom. The summed E-state index contributed by atoms with van der Waals surface area (Å²) >= 11 is 0. The molecule has 1 aromatic rings. The van der Waals surface area contributed by atoms with E-state index in [4.69, 9.17) is 0 Å². The molecule has 0 aliphatic heterocycles. The Morgan fingerprint density at radius 2 is 1.75 bits per heavy atom. The normalized spacial score (nSPS) is 35.5. The summed E-state index contributed by atoms with van der Waals surface area (Å²) in [4.78, 5) is 12.7. The number of aliphatic carboxylic acids is 1. The highest BCUT2D eigenvalue weighted by Crippen LogP contribution is 2.61. The van der Waals surface area contributed by atoms with E-state index in [1.54, 1.807) is 0 Å². The number of carboxylic acids is 1. The standard InChI is InChI=1S/C26H32O2/c1-17(12-13-21-10-8-7-9-11-21)15-25(5)16-20(4)22-18(2)14-19(3)23(22)26(25,6)24(27)28/h7-16,18,22-23H,1-6H3,(H,27,28)/b13-12+,17-15+/t18-,22-,23+,25+,26+/m1/s1. The molecule has 0 saturated heterocycles. The van der Waals surface area contributed by atoms with Crippen molar-refractivity contribution < 1.29 is 9.90 Å². The molecular weight excluding hydrogens is 344 g/mol. The van der Waals surface area contributed by atoms with E-state index < -0.39 is 16.8 Å². The minimum absolute atomic E-state index is 0.0251.